The Kier molecular flexibility index (Phi) is 4.67. The maximum atomic E-state index is 5.57. The fourth-order valence-electron chi connectivity index (χ4n) is 0.497. The van der Waals surface area contributed by atoms with Crippen molar-refractivity contribution in [2.45, 2.75) is 32.5 Å². The molecule has 2 unspecified atom stereocenters. The summed E-state index contributed by atoms with van der Waals surface area (Å²) in [6, 6.07) is 0.0385. The zero-order valence-electron chi connectivity index (χ0n) is 6.22. The van der Waals surface area contributed by atoms with Crippen molar-refractivity contribution in [2.75, 3.05) is 6.54 Å². The third-order valence-electron chi connectivity index (χ3n) is 1.20. The van der Waals surface area contributed by atoms with E-state index in [2.05, 4.69) is 12.2 Å². The second kappa shape index (κ2) is 4.73. The summed E-state index contributed by atoms with van der Waals surface area (Å²) in [4.78, 5) is 0. The van der Waals surface area contributed by atoms with Crippen LogP contribution in [0, 0.1) is 0 Å². The van der Waals surface area contributed by atoms with E-state index in [1.807, 2.05) is 6.92 Å². The van der Waals surface area contributed by atoms with E-state index < -0.39 is 0 Å². The first-order chi connectivity index (χ1) is 4.18. The van der Waals surface area contributed by atoms with Crippen molar-refractivity contribution in [3.05, 3.63) is 0 Å². The van der Waals surface area contributed by atoms with Crippen LogP contribution in [-0.2, 0) is 0 Å². The molecule has 0 rings (SSSR count). The maximum Gasteiger partial charge on any atom is 0.0699 e. The molecule has 0 aromatic rings. The van der Waals surface area contributed by atoms with Gasteiger partial charge < -0.3 is 16.8 Å². The van der Waals surface area contributed by atoms with Gasteiger partial charge in [-0.1, -0.05) is 6.92 Å². The second-order valence-corrected chi connectivity index (χ2v) is 2.34. The summed E-state index contributed by atoms with van der Waals surface area (Å²) >= 11 is 0. The van der Waals surface area contributed by atoms with Gasteiger partial charge in [0, 0.05) is 6.04 Å². The van der Waals surface area contributed by atoms with Crippen molar-refractivity contribution in [2.24, 2.45) is 11.5 Å². The zero-order valence-corrected chi connectivity index (χ0v) is 6.22. The van der Waals surface area contributed by atoms with Crippen molar-refractivity contribution >= 4 is 0 Å². The smallest absolute Gasteiger partial charge is 0.0699 e. The fourth-order valence-corrected chi connectivity index (χ4v) is 0.497. The summed E-state index contributed by atoms with van der Waals surface area (Å²) in [7, 11) is 0. The van der Waals surface area contributed by atoms with Crippen LogP contribution < -0.4 is 16.8 Å². The predicted octanol–water partition coefficient (Wildman–Crippen LogP) is -0.382. The van der Waals surface area contributed by atoms with Crippen molar-refractivity contribution in [1.82, 2.24) is 5.32 Å². The van der Waals surface area contributed by atoms with E-state index in [9.17, 15) is 0 Å². The van der Waals surface area contributed by atoms with Gasteiger partial charge in [0.25, 0.3) is 0 Å². The predicted molar refractivity (Wildman–Crippen MR) is 39.9 cm³/mol. The molecule has 0 fully saturated rings. The Morgan fingerprint density at radius 1 is 1.44 bits per heavy atom. The summed E-state index contributed by atoms with van der Waals surface area (Å²) in [5.74, 6) is 0. The molecule has 2 atom stereocenters. The highest BCUT2D eigenvalue weighted by Crippen LogP contribution is 1.79. The molecule has 0 aliphatic rings. The van der Waals surface area contributed by atoms with Gasteiger partial charge in [0.05, 0.1) is 6.17 Å². The summed E-state index contributed by atoms with van der Waals surface area (Å²) in [6.45, 7) is 4.94. The van der Waals surface area contributed by atoms with Gasteiger partial charge in [-0.3, -0.25) is 0 Å². The Morgan fingerprint density at radius 2 is 2.00 bits per heavy atom. The van der Waals surface area contributed by atoms with Gasteiger partial charge in [-0.25, -0.2) is 0 Å². The van der Waals surface area contributed by atoms with Gasteiger partial charge in [0.2, 0.25) is 0 Å². The average Bonchev–Trinajstić information content (AvgIpc) is 1.82. The minimum absolute atomic E-state index is 0.0385. The topological polar surface area (TPSA) is 64.1 Å². The van der Waals surface area contributed by atoms with Crippen LogP contribution in [0.2, 0.25) is 0 Å². The number of rotatable bonds is 4. The molecule has 5 N–H and O–H groups in total. The SMILES string of the molecule is CCCNC(N)C(C)N. The molecule has 0 spiro atoms. The van der Waals surface area contributed by atoms with Crippen LogP contribution in [0.25, 0.3) is 0 Å². The molecule has 3 heteroatoms. The maximum absolute atomic E-state index is 5.57. The van der Waals surface area contributed by atoms with E-state index in [4.69, 9.17) is 11.5 Å². The minimum atomic E-state index is -0.0510. The molecule has 0 aliphatic carbocycles. The zero-order chi connectivity index (χ0) is 7.28. The highest BCUT2D eigenvalue weighted by molar-refractivity contribution is 4.67. The number of hydrogen-bond donors (Lipinski definition) is 3. The Morgan fingerprint density at radius 3 is 2.33 bits per heavy atom. The molecule has 0 radical (unpaired) electrons. The molecule has 0 aromatic heterocycles. The monoisotopic (exact) mass is 131 g/mol. The molecule has 0 aromatic carbocycles. The van der Waals surface area contributed by atoms with Gasteiger partial charge in [-0.05, 0) is 19.9 Å². The lowest BCUT2D eigenvalue weighted by atomic mass is 10.3. The summed E-state index contributed by atoms with van der Waals surface area (Å²) in [5.41, 5.74) is 11.1. The highest BCUT2D eigenvalue weighted by atomic mass is 15.1. The molecule has 0 amide bonds. The second-order valence-electron chi connectivity index (χ2n) is 2.34. The Balaban J connectivity index is 3.16. The van der Waals surface area contributed by atoms with Crippen LogP contribution >= 0.6 is 0 Å². The van der Waals surface area contributed by atoms with Gasteiger partial charge in [-0.15, -0.1) is 0 Å². The number of nitrogens with two attached hydrogens (primary N) is 2. The van der Waals surface area contributed by atoms with Crippen molar-refractivity contribution < 1.29 is 0 Å². The summed E-state index contributed by atoms with van der Waals surface area (Å²) in [6.07, 6.45) is 1.05. The van der Waals surface area contributed by atoms with E-state index in [-0.39, 0.29) is 12.2 Å². The molecular weight excluding hydrogens is 114 g/mol. The molecule has 0 heterocycles. The molecule has 0 bridgehead atoms. The quantitative estimate of drug-likeness (QED) is 0.456. The lowest BCUT2D eigenvalue weighted by molar-refractivity contribution is 0.460. The number of hydrogen-bond acceptors (Lipinski definition) is 3. The first kappa shape index (κ1) is 8.88. The highest BCUT2D eigenvalue weighted by Gasteiger charge is 2.03. The van der Waals surface area contributed by atoms with Gasteiger partial charge in [0.15, 0.2) is 0 Å². The molecule has 56 valence electrons. The molecule has 0 saturated carbocycles. The first-order valence-electron chi connectivity index (χ1n) is 3.43. The molecule has 9 heavy (non-hydrogen) atoms. The minimum Gasteiger partial charge on any atom is -0.325 e. The first-order valence-corrected chi connectivity index (χ1v) is 3.43. The van der Waals surface area contributed by atoms with E-state index >= 15 is 0 Å². The van der Waals surface area contributed by atoms with E-state index in [0.717, 1.165) is 13.0 Å². The summed E-state index contributed by atoms with van der Waals surface area (Å²) in [5, 5.41) is 3.08. The van der Waals surface area contributed by atoms with Crippen LogP contribution in [0.5, 0.6) is 0 Å². The number of nitrogens with one attached hydrogen (secondary N) is 1. The van der Waals surface area contributed by atoms with Crippen LogP contribution in [0.3, 0.4) is 0 Å². The van der Waals surface area contributed by atoms with E-state index in [1.54, 1.807) is 0 Å². The Hall–Kier alpha value is -0.120. The lowest BCUT2D eigenvalue weighted by Gasteiger charge is -2.16. The average molecular weight is 131 g/mol. The van der Waals surface area contributed by atoms with Gasteiger partial charge in [-0.2, -0.15) is 0 Å². The van der Waals surface area contributed by atoms with Crippen molar-refractivity contribution in [3.63, 3.8) is 0 Å². The van der Waals surface area contributed by atoms with Crippen LogP contribution in [-0.4, -0.2) is 18.8 Å². The van der Waals surface area contributed by atoms with Crippen molar-refractivity contribution in [1.29, 1.82) is 0 Å². The van der Waals surface area contributed by atoms with Crippen LogP contribution in [0.4, 0.5) is 0 Å². The Labute approximate surface area is 56.8 Å². The summed E-state index contributed by atoms with van der Waals surface area (Å²) < 4.78 is 0. The molecule has 0 aliphatic heterocycles. The fraction of sp³-hybridized carbons (Fsp3) is 1.00. The van der Waals surface area contributed by atoms with E-state index in [1.165, 1.54) is 0 Å². The van der Waals surface area contributed by atoms with Crippen LogP contribution in [0.1, 0.15) is 20.3 Å². The van der Waals surface area contributed by atoms with Crippen LogP contribution in [0.15, 0.2) is 0 Å². The normalized spacial score (nSPS) is 17.3. The van der Waals surface area contributed by atoms with Crippen molar-refractivity contribution in [3.8, 4) is 0 Å². The third kappa shape index (κ3) is 4.39. The lowest BCUT2D eigenvalue weighted by Crippen LogP contribution is -2.49. The third-order valence-corrected chi connectivity index (χ3v) is 1.20. The molecular formula is C6H17N3. The van der Waals surface area contributed by atoms with E-state index in [0.29, 0.717) is 0 Å². The standard InChI is InChI=1S/C6H17N3/c1-3-4-9-6(8)5(2)7/h5-6,9H,3-4,7-8H2,1-2H3. The molecule has 3 nitrogen and oxygen atoms in total. The Bertz CT molecular complexity index is 63.3. The van der Waals surface area contributed by atoms with Gasteiger partial charge in [0.1, 0.15) is 0 Å². The molecule has 0 saturated heterocycles. The van der Waals surface area contributed by atoms with Gasteiger partial charge >= 0.3 is 0 Å². The largest absolute Gasteiger partial charge is 0.325 e.